The highest BCUT2D eigenvalue weighted by atomic mass is 32.2. The van der Waals surface area contributed by atoms with Crippen molar-refractivity contribution < 1.29 is 9.18 Å². The Morgan fingerprint density at radius 3 is 2.58 bits per heavy atom. The van der Waals surface area contributed by atoms with Gasteiger partial charge in [0, 0.05) is 25.2 Å². The molecule has 0 spiro atoms. The van der Waals surface area contributed by atoms with Gasteiger partial charge in [-0.15, -0.1) is 0 Å². The third-order valence-corrected chi connectivity index (χ3v) is 7.49. The number of hydrogen-bond donors (Lipinski definition) is 1. The Morgan fingerprint density at radius 1 is 1.27 bits per heavy atom. The standard InChI is InChI=1S/C24H23FN4O2S2/c1-14-18(11-20-23(31)29(24(32)33-20)17-5-3-4-6-17)21(28(2)22(30)19(14)12-26)27-13-15-7-9-16(25)10-8-15/h7-11,17,27H,3-6,13H2,1-2H3/b20-11+. The highest BCUT2D eigenvalue weighted by molar-refractivity contribution is 8.26. The van der Waals surface area contributed by atoms with Gasteiger partial charge in [0.1, 0.15) is 27.6 Å². The van der Waals surface area contributed by atoms with E-state index in [1.165, 1.54) is 28.5 Å². The Kier molecular flexibility index (Phi) is 6.68. The number of benzene rings is 1. The van der Waals surface area contributed by atoms with E-state index >= 15 is 0 Å². The zero-order valence-corrected chi connectivity index (χ0v) is 20.0. The van der Waals surface area contributed by atoms with Crippen LogP contribution in [0.1, 0.15) is 47.9 Å². The van der Waals surface area contributed by atoms with Gasteiger partial charge in [-0.05, 0) is 49.1 Å². The van der Waals surface area contributed by atoms with Crippen molar-refractivity contribution in [2.75, 3.05) is 5.32 Å². The van der Waals surface area contributed by atoms with Crippen LogP contribution in [0.4, 0.5) is 10.2 Å². The highest BCUT2D eigenvalue weighted by Gasteiger charge is 2.38. The molecule has 9 heteroatoms. The van der Waals surface area contributed by atoms with E-state index in [0.717, 1.165) is 31.2 Å². The van der Waals surface area contributed by atoms with Crippen LogP contribution >= 0.6 is 24.0 Å². The lowest BCUT2D eigenvalue weighted by atomic mass is 10.0. The molecule has 2 fully saturated rings. The van der Waals surface area contributed by atoms with E-state index in [2.05, 4.69) is 5.32 Å². The molecule has 0 unspecified atom stereocenters. The minimum atomic E-state index is -0.424. The van der Waals surface area contributed by atoms with Gasteiger partial charge in [-0.1, -0.05) is 49.0 Å². The Morgan fingerprint density at radius 2 is 1.94 bits per heavy atom. The van der Waals surface area contributed by atoms with Crippen LogP contribution in [0.5, 0.6) is 0 Å². The smallest absolute Gasteiger partial charge is 0.270 e. The molecular weight excluding hydrogens is 459 g/mol. The first-order valence-corrected chi connectivity index (χ1v) is 11.9. The molecule has 170 valence electrons. The van der Waals surface area contributed by atoms with Gasteiger partial charge < -0.3 is 5.32 Å². The van der Waals surface area contributed by atoms with Crippen LogP contribution in [0.15, 0.2) is 34.0 Å². The lowest BCUT2D eigenvalue weighted by Gasteiger charge is -2.22. The summed E-state index contributed by atoms with van der Waals surface area (Å²) in [5, 5.41) is 12.8. The van der Waals surface area contributed by atoms with E-state index in [0.29, 0.717) is 32.7 Å². The molecule has 1 saturated carbocycles. The number of nitrogens with zero attached hydrogens (tertiary/aromatic N) is 3. The average Bonchev–Trinajstić information content (AvgIpc) is 3.41. The van der Waals surface area contributed by atoms with Crippen LogP contribution in [-0.4, -0.2) is 25.7 Å². The van der Waals surface area contributed by atoms with Crippen molar-refractivity contribution in [3.63, 3.8) is 0 Å². The second-order valence-electron chi connectivity index (χ2n) is 8.21. The fourth-order valence-corrected chi connectivity index (χ4v) is 5.70. The van der Waals surface area contributed by atoms with Crippen molar-refractivity contribution in [1.82, 2.24) is 9.47 Å². The van der Waals surface area contributed by atoms with E-state index in [4.69, 9.17) is 12.2 Å². The molecule has 2 heterocycles. The summed E-state index contributed by atoms with van der Waals surface area (Å²) in [7, 11) is 1.58. The van der Waals surface area contributed by atoms with Crippen molar-refractivity contribution in [2.24, 2.45) is 7.05 Å². The number of carbonyl (C=O) groups is 1. The first-order chi connectivity index (χ1) is 15.8. The molecule has 1 aliphatic heterocycles. The summed E-state index contributed by atoms with van der Waals surface area (Å²) < 4.78 is 15.2. The molecule has 0 radical (unpaired) electrons. The lowest BCUT2D eigenvalue weighted by Crippen LogP contribution is -2.36. The van der Waals surface area contributed by atoms with Gasteiger partial charge in [0.25, 0.3) is 11.5 Å². The number of nitriles is 1. The SMILES string of the molecule is Cc1c(/C=C2/SC(=S)N(C3CCCC3)C2=O)c(NCc2ccc(F)cc2)n(C)c(=O)c1C#N. The maximum absolute atomic E-state index is 13.3. The van der Waals surface area contributed by atoms with Crippen LogP contribution in [0.25, 0.3) is 6.08 Å². The normalized spacial score (nSPS) is 17.8. The largest absolute Gasteiger partial charge is 0.367 e. The predicted octanol–water partition coefficient (Wildman–Crippen LogP) is 4.46. The van der Waals surface area contributed by atoms with E-state index in [9.17, 15) is 19.2 Å². The van der Waals surface area contributed by atoms with E-state index in [1.807, 2.05) is 6.07 Å². The van der Waals surface area contributed by atoms with Gasteiger partial charge in [-0.2, -0.15) is 5.26 Å². The molecular formula is C24H23FN4O2S2. The minimum Gasteiger partial charge on any atom is -0.367 e. The number of pyridine rings is 1. The lowest BCUT2D eigenvalue weighted by molar-refractivity contribution is -0.123. The summed E-state index contributed by atoms with van der Waals surface area (Å²) in [6, 6.07) is 8.18. The van der Waals surface area contributed by atoms with Crippen molar-refractivity contribution in [3.05, 3.63) is 67.6 Å². The van der Waals surface area contributed by atoms with E-state index in [1.54, 1.807) is 37.1 Å². The summed E-state index contributed by atoms with van der Waals surface area (Å²) in [6.45, 7) is 2.04. The summed E-state index contributed by atoms with van der Waals surface area (Å²) in [4.78, 5) is 28.2. The number of halogens is 1. The van der Waals surface area contributed by atoms with Crippen molar-refractivity contribution in [2.45, 2.75) is 45.2 Å². The number of thioether (sulfide) groups is 1. The number of hydrogen-bond acceptors (Lipinski definition) is 6. The number of carbonyl (C=O) groups excluding carboxylic acids is 1. The minimum absolute atomic E-state index is 0.0300. The molecule has 1 N–H and O–H groups in total. The monoisotopic (exact) mass is 482 g/mol. The Labute approximate surface area is 201 Å². The Bertz CT molecular complexity index is 1260. The molecule has 1 aliphatic carbocycles. The highest BCUT2D eigenvalue weighted by Crippen LogP contribution is 2.39. The number of thiocarbonyl (C=S) groups is 1. The Balaban J connectivity index is 1.75. The van der Waals surface area contributed by atoms with Crippen molar-refractivity contribution in [3.8, 4) is 6.07 Å². The summed E-state index contributed by atoms with van der Waals surface area (Å²) >= 11 is 6.76. The van der Waals surface area contributed by atoms with Gasteiger partial charge in [0.2, 0.25) is 0 Å². The first-order valence-electron chi connectivity index (χ1n) is 10.7. The van der Waals surface area contributed by atoms with Crippen LogP contribution in [0.2, 0.25) is 0 Å². The van der Waals surface area contributed by atoms with E-state index in [-0.39, 0.29) is 23.3 Å². The number of rotatable bonds is 5. The van der Waals surface area contributed by atoms with Gasteiger partial charge in [0.05, 0.1) is 4.91 Å². The van der Waals surface area contributed by atoms with Crippen LogP contribution in [-0.2, 0) is 18.4 Å². The average molecular weight is 483 g/mol. The Hall–Kier alpha value is -2.96. The third kappa shape index (κ3) is 4.45. The summed E-state index contributed by atoms with van der Waals surface area (Å²) in [6.07, 6.45) is 5.79. The fourth-order valence-electron chi connectivity index (χ4n) is 4.32. The van der Waals surface area contributed by atoms with Crippen molar-refractivity contribution in [1.29, 1.82) is 5.26 Å². The van der Waals surface area contributed by atoms with Gasteiger partial charge in [0.15, 0.2) is 0 Å². The first kappa shape index (κ1) is 23.2. The molecule has 1 amide bonds. The van der Waals surface area contributed by atoms with Crippen molar-refractivity contribution >= 4 is 46.1 Å². The van der Waals surface area contributed by atoms with Gasteiger partial charge in [-0.25, -0.2) is 4.39 Å². The number of nitrogens with one attached hydrogen (secondary N) is 1. The molecule has 0 bridgehead atoms. The fraction of sp³-hybridized carbons (Fsp3) is 0.333. The molecule has 1 aromatic carbocycles. The molecule has 33 heavy (non-hydrogen) atoms. The molecule has 4 rings (SSSR count). The van der Waals surface area contributed by atoms with Gasteiger partial charge in [-0.3, -0.25) is 19.1 Å². The zero-order valence-electron chi connectivity index (χ0n) is 18.4. The van der Waals surface area contributed by atoms with Crippen LogP contribution in [0.3, 0.4) is 0 Å². The molecule has 6 nitrogen and oxygen atoms in total. The summed E-state index contributed by atoms with van der Waals surface area (Å²) in [5.41, 5.74) is 1.51. The number of anilines is 1. The van der Waals surface area contributed by atoms with Crippen LogP contribution in [0, 0.1) is 24.1 Å². The molecule has 2 aromatic rings. The predicted molar refractivity (Wildman–Crippen MR) is 132 cm³/mol. The quantitative estimate of drug-likeness (QED) is 0.501. The second kappa shape index (κ2) is 9.49. The summed E-state index contributed by atoms with van der Waals surface area (Å²) in [5.74, 6) is 0.0189. The molecule has 0 atom stereocenters. The van der Waals surface area contributed by atoms with E-state index < -0.39 is 5.56 Å². The topological polar surface area (TPSA) is 78.1 Å². The maximum Gasteiger partial charge on any atom is 0.270 e. The molecule has 1 aromatic heterocycles. The zero-order chi connectivity index (χ0) is 23.7. The third-order valence-electron chi connectivity index (χ3n) is 6.16. The maximum atomic E-state index is 13.3. The van der Waals surface area contributed by atoms with Crippen LogP contribution < -0.4 is 10.9 Å². The number of aromatic nitrogens is 1. The molecule has 1 saturated heterocycles. The second-order valence-corrected chi connectivity index (χ2v) is 9.88. The molecule has 2 aliphatic rings. The van der Waals surface area contributed by atoms with Gasteiger partial charge >= 0.3 is 0 Å². The number of amides is 1.